The highest BCUT2D eigenvalue weighted by atomic mass is 16.5. The van der Waals surface area contributed by atoms with Gasteiger partial charge in [0.15, 0.2) is 0 Å². The minimum atomic E-state index is -0.213. The molecule has 5 nitrogen and oxygen atoms in total. The Morgan fingerprint density at radius 1 is 1.33 bits per heavy atom. The van der Waals surface area contributed by atoms with E-state index in [1.807, 2.05) is 20.8 Å². The number of morpholine rings is 1. The van der Waals surface area contributed by atoms with Crippen LogP contribution in [0.2, 0.25) is 0 Å². The first kappa shape index (κ1) is 15.5. The molecule has 0 unspecified atom stereocenters. The standard InChI is InChI=1S/C16H21N3O2/c1-11-9-19(10-12(2)21-11)13(3)16(20)18-15-6-4-14(8-17)5-7-15/h4-7,11-13H,9-10H2,1-3H3,(H,18,20)/t11-,12+,13-/m1/s1. The zero-order valence-electron chi connectivity index (χ0n) is 12.7. The van der Waals surface area contributed by atoms with E-state index in [2.05, 4.69) is 16.3 Å². The third kappa shape index (κ3) is 4.03. The third-order valence-corrected chi connectivity index (χ3v) is 3.66. The van der Waals surface area contributed by atoms with Crippen molar-refractivity contribution in [3.05, 3.63) is 29.8 Å². The number of hydrogen-bond acceptors (Lipinski definition) is 4. The quantitative estimate of drug-likeness (QED) is 0.923. The fraction of sp³-hybridized carbons (Fsp3) is 0.500. The van der Waals surface area contributed by atoms with E-state index in [0.29, 0.717) is 11.3 Å². The van der Waals surface area contributed by atoms with E-state index in [0.717, 1.165) is 13.1 Å². The van der Waals surface area contributed by atoms with E-state index in [-0.39, 0.29) is 24.2 Å². The van der Waals surface area contributed by atoms with E-state index < -0.39 is 0 Å². The normalized spacial score (nSPS) is 24.1. The van der Waals surface area contributed by atoms with E-state index in [9.17, 15) is 4.79 Å². The lowest BCUT2D eigenvalue weighted by Gasteiger charge is -2.38. The van der Waals surface area contributed by atoms with Gasteiger partial charge in [-0.2, -0.15) is 5.26 Å². The molecule has 1 heterocycles. The van der Waals surface area contributed by atoms with Crippen LogP contribution in [0.15, 0.2) is 24.3 Å². The van der Waals surface area contributed by atoms with Gasteiger partial charge in [0.05, 0.1) is 29.9 Å². The van der Waals surface area contributed by atoms with Crippen LogP contribution < -0.4 is 5.32 Å². The number of benzene rings is 1. The van der Waals surface area contributed by atoms with Crippen LogP contribution in [0.4, 0.5) is 5.69 Å². The molecule has 1 aliphatic heterocycles. The van der Waals surface area contributed by atoms with Crippen molar-refractivity contribution in [1.82, 2.24) is 4.90 Å². The number of amides is 1. The molecule has 21 heavy (non-hydrogen) atoms. The molecule has 0 radical (unpaired) electrons. The number of carbonyl (C=O) groups is 1. The SMILES string of the molecule is C[C@@H]1CN([C@H](C)C(=O)Nc2ccc(C#N)cc2)C[C@H](C)O1. The first-order chi connectivity index (χ1) is 9.99. The maximum Gasteiger partial charge on any atom is 0.241 e. The lowest BCUT2D eigenvalue weighted by Crippen LogP contribution is -2.52. The van der Waals surface area contributed by atoms with Gasteiger partial charge in [-0.25, -0.2) is 0 Å². The van der Waals surface area contributed by atoms with Gasteiger partial charge in [0, 0.05) is 18.8 Å². The Labute approximate surface area is 125 Å². The van der Waals surface area contributed by atoms with Gasteiger partial charge in [0.25, 0.3) is 0 Å². The third-order valence-electron chi connectivity index (χ3n) is 3.66. The van der Waals surface area contributed by atoms with Crippen LogP contribution in [0.1, 0.15) is 26.3 Å². The van der Waals surface area contributed by atoms with Gasteiger partial charge in [-0.05, 0) is 45.0 Å². The van der Waals surface area contributed by atoms with Crippen molar-refractivity contribution in [1.29, 1.82) is 5.26 Å². The van der Waals surface area contributed by atoms with Gasteiger partial charge in [0.2, 0.25) is 5.91 Å². The highest BCUT2D eigenvalue weighted by molar-refractivity contribution is 5.94. The van der Waals surface area contributed by atoms with Gasteiger partial charge in [-0.15, -0.1) is 0 Å². The van der Waals surface area contributed by atoms with Crippen LogP contribution in [-0.2, 0) is 9.53 Å². The van der Waals surface area contributed by atoms with E-state index in [1.165, 1.54) is 0 Å². The summed E-state index contributed by atoms with van der Waals surface area (Å²) in [5.74, 6) is -0.0407. The number of nitriles is 1. The molecule has 0 aliphatic carbocycles. The van der Waals surface area contributed by atoms with Crippen LogP contribution in [0.5, 0.6) is 0 Å². The molecule has 2 rings (SSSR count). The average Bonchev–Trinajstić information content (AvgIpc) is 2.46. The number of ether oxygens (including phenoxy) is 1. The van der Waals surface area contributed by atoms with Crippen molar-refractivity contribution in [2.24, 2.45) is 0 Å². The second-order valence-electron chi connectivity index (χ2n) is 5.57. The average molecular weight is 287 g/mol. The molecular weight excluding hydrogens is 266 g/mol. The Balaban J connectivity index is 1.97. The molecule has 0 bridgehead atoms. The van der Waals surface area contributed by atoms with Crippen molar-refractivity contribution < 1.29 is 9.53 Å². The van der Waals surface area contributed by atoms with E-state index >= 15 is 0 Å². The maximum atomic E-state index is 12.3. The summed E-state index contributed by atoms with van der Waals surface area (Å²) in [4.78, 5) is 14.5. The second-order valence-corrected chi connectivity index (χ2v) is 5.57. The van der Waals surface area contributed by atoms with Gasteiger partial charge < -0.3 is 10.1 Å². The predicted molar refractivity (Wildman–Crippen MR) is 80.8 cm³/mol. The van der Waals surface area contributed by atoms with Gasteiger partial charge in [-0.1, -0.05) is 0 Å². The predicted octanol–water partition coefficient (Wildman–Crippen LogP) is 1.99. The molecule has 1 aromatic rings. The highest BCUT2D eigenvalue weighted by Gasteiger charge is 2.29. The summed E-state index contributed by atoms with van der Waals surface area (Å²) in [5, 5.41) is 11.7. The van der Waals surface area contributed by atoms with Gasteiger partial charge in [0.1, 0.15) is 0 Å². The Morgan fingerprint density at radius 3 is 2.43 bits per heavy atom. The molecule has 5 heteroatoms. The molecule has 1 amide bonds. The zero-order valence-corrected chi connectivity index (χ0v) is 12.7. The second kappa shape index (κ2) is 6.70. The summed E-state index contributed by atoms with van der Waals surface area (Å²) in [6.45, 7) is 7.46. The summed E-state index contributed by atoms with van der Waals surface area (Å²) in [6.07, 6.45) is 0.276. The van der Waals surface area contributed by atoms with E-state index in [4.69, 9.17) is 10.00 Å². The minimum absolute atomic E-state index is 0.0407. The van der Waals surface area contributed by atoms with Crippen LogP contribution in [0.3, 0.4) is 0 Å². The zero-order chi connectivity index (χ0) is 15.4. The van der Waals surface area contributed by atoms with Gasteiger partial charge >= 0.3 is 0 Å². The van der Waals surface area contributed by atoms with E-state index in [1.54, 1.807) is 24.3 Å². The number of rotatable bonds is 3. The topological polar surface area (TPSA) is 65.4 Å². The molecule has 0 saturated carbocycles. The van der Waals surface area contributed by atoms with Crippen molar-refractivity contribution in [3.8, 4) is 6.07 Å². The van der Waals surface area contributed by atoms with Crippen molar-refractivity contribution in [3.63, 3.8) is 0 Å². The number of anilines is 1. The van der Waals surface area contributed by atoms with Crippen molar-refractivity contribution >= 4 is 11.6 Å². The molecule has 1 fully saturated rings. The Morgan fingerprint density at radius 2 is 1.90 bits per heavy atom. The summed E-state index contributed by atoms with van der Waals surface area (Å²) in [6, 6.07) is 8.72. The Kier molecular flexibility index (Phi) is 4.94. The van der Waals surface area contributed by atoms with Crippen molar-refractivity contribution in [2.75, 3.05) is 18.4 Å². The van der Waals surface area contributed by atoms with Crippen LogP contribution in [0.25, 0.3) is 0 Å². The number of hydrogen-bond donors (Lipinski definition) is 1. The molecule has 0 aromatic heterocycles. The maximum absolute atomic E-state index is 12.3. The number of nitrogens with one attached hydrogen (secondary N) is 1. The van der Waals surface area contributed by atoms with Crippen LogP contribution >= 0.6 is 0 Å². The number of nitrogens with zero attached hydrogens (tertiary/aromatic N) is 2. The van der Waals surface area contributed by atoms with Gasteiger partial charge in [-0.3, -0.25) is 9.69 Å². The lowest BCUT2D eigenvalue weighted by molar-refractivity contribution is -0.126. The molecule has 1 aliphatic rings. The van der Waals surface area contributed by atoms with Crippen LogP contribution in [0, 0.1) is 11.3 Å². The molecule has 1 N–H and O–H groups in total. The molecule has 1 saturated heterocycles. The van der Waals surface area contributed by atoms with Crippen LogP contribution in [-0.4, -0.2) is 42.1 Å². The monoisotopic (exact) mass is 287 g/mol. The molecular formula is C16H21N3O2. The first-order valence-electron chi connectivity index (χ1n) is 7.20. The molecule has 0 spiro atoms. The minimum Gasteiger partial charge on any atom is -0.373 e. The Bertz CT molecular complexity index is 525. The summed E-state index contributed by atoms with van der Waals surface area (Å²) in [7, 11) is 0. The fourth-order valence-corrected chi connectivity index (χ4v) is 2.57. The highest BCUT2D eigenvalue weighted by Crippen LogP contribution is 2.15. The largest absolute Gasteiger partial charge is 0.373 e. The summed E-state index contributed by atoms with van der Waals surface area (Å²) in [5.41, 5.74) is 1.29. The molecule has 3 atom stereocenters. The summed E-state index contributed by atoms with van der Waals surface area (Å²) < 4.78 is 5.69. The number of carbonyl (C=O) groups excluding carboxylic acids is 1. The molecule has 1 aromatic carbocycles. The summed E-state index contributed by atoms with van der Waals surface area (Å²) >= 11 is 0. The first-order valence-corrected chi connectivity index (χ1v) is 7.20. The molecule has 112 valence electrons. The fourth-order valence-electron chi connectivity index (χ4n) is 2.57. The Hall–Kier alpha value is -1.90. The smallest absolute Gasteiger partial charge is 0.241 e. The lowest BCUT2D eigenvalue weighted by atomic mass is 10.1. The van der Waals surface area contributed by atoms with Crippen molar-refractivity contribution in [2.45, 2.75) is 39.0 Å².